The summed E-state index contributed by atoms with van der Waals surface area (Å²) in [5.74, 6) is 0.515. The van der Waals surface area contributed by atoms with Gasteiger partial charge in [-0.1, -0.05) is 19.9 Å². The lowest BCUT2D eigenvalue weighted by Crippen LogP contribution is -2.37. The van der Waals surface area contributed by atoms with Crippen molar-refractivity contribution in [2.75, 3.05) is 6.61 Å². The molecule has 3 nitrogen and oxygen atoms in total. The zero-order valence-corrected chi connectivity index (χ0v) is 15.2. The minimum atomic E-state index is -1.24. The fourth-order valence-electron chi connectivity index (χ4n) is 1.53. The molecular weight excluding hydrogens is 338 g/mol. The number of benzene rings is 1. The largest absolute Gasteiger partial charge is 0.377 e. The van der Waals surface area contributed by atoms with Crippen LogP contribution in [0, 0.1) is 5.92 Å². The van der Waals surface area contributed by atoms with E-state index in [-0.39, 0.29) is 5.54 Å². The van der Waals surface area contributed by atoms with Gasteiger partial charge in [0.15, 0.2) is 0 Å². The predicted molar refractivity (Wildman–Crippen MR) is 87.9 cm³/mol. The highest BCUT2D eigenvalue weighted by molar-refractivity contribution is 9.10. The molecule has 20 heavy (non-hydrogen) atoms. The molecule has 0 fully saturated rings. The van der Waals surface area contributed by atoms with Crippen molar-refractivity contribution < 1.29 is 8.95 Å². The maximum atomic E-state index is 12.3. The van der Waals surface area contributed by atoms with Gasteiger partial charge < -0.3 is 4.74 Å². The number of ether oxygens (including phenoxy) is 1. The van der Waals surface area contributed by atoms with Gasteiger partial charge in [0.1, 0.15) is 11.0 Å². The summed E-state index contributed by atoms with van der Waals surface area (Å²) in [4.78, 5) is 0.755. The van der Waals surface area contributed by atoms with E-state index in [1.807, 2.05) is 39.0 Å². The number of nitrogens with one attached hydrogen (secondary N) is 1. The molecule has 0 aromatic heterocycles. The summed E-state index contributed by atoms with van der Waals surface area (Å²) in [7, 11) is -1.24. The predicted octanol–water partition coefficient (Wildman–Crippen LogP) is 4.03. The third-order valence-corrected chi connectivity index (χ3v) is 4.80. The molecule has 0 spiro atoms. The first-order chi connectivity index (χ1) is 9.19. The van der Waals surface area contributed by atoms with Crippen molar-refractivity contribution in [3.63, 3.8) is 0 Å². The molecule has 0 aliphatic heterocycles. The van der Waals surface area contributed by atoms with Crippen molar-refractivity contribution in [2.24, 2.45) is 5.92 Å². The van der Waals surface area contributed by atoms with Crippen molar-refractivity contribution in [1.29, 1.82) is 0 Å². The molecule has 0 aliphatic carbocycles. The quantitative estimate of drug-likeness (QED) is 0.830. The summed E-state index contributed by atoms with van der Waals surface area (Å²) < 4.78 is 21.9. The average Bonchev–Trinajstić information content (AvgIpc) is 2.28. The van der Waals surface area contributed by atoms with Gasteiger partial charge in [-0.15, -0.1) is 0 Å². The monoisotopic (exact) mass is 361 g/mol. The van der Waals surface area contributed by atoms with Crippen LogP contribution in [-0.4, -0.2) is 16.4 Å². The van der Waals surface area contributed by atoms with Gasteiger partial charge in [-0.3, -0.25) is 0 Å². The first-order valence-corrected chi connectivity index (χ1v) is 8.69. The summed E-state index contributed by atoms with van der Waals surface area (Å²) in [6.07, 6.45) is 0. The Balaban J connectivity index is 2.78. The van der Waals surface area contributed by atoms with Crippen LogP contribution in [0.4, 0.5) is 0 Å². The maximum absolute atomic E-state index is 12.3. The normalized spacial score (nSPS) is 13.8. The Bertz CT molecular complexity index is 469. The van der Waals surface area contributed by atoms with Crippen LogP contribution in [0.25, 0.3) is 0 Å². The molecule has 1 aromatic carbocycles. The Kier molecular flexibility index (Phi) is 6.85. The van der Waals surface area contributed by atoms with Gasteiger partial charge in [0.25, 0.3) is 0 Å². The highest BCUT2D eigenvalue weighted by Crippen LogP contribution is 2.22. The van der Waals surface area contributed by atoms with E-state index in [9.17, 15) is 4.21 Å². The van der Waals surface area contributed by atoms with E-state index in [4.69, 9.17) is 4.74 Å². The second kappa shape index (κ2) is 7.69. The van der Waals surface area contributed by atoms with E-state index in [1.165, 1.54) is 0 Å². The smallest absolute Gasteiger partial charge is 0.126 e. The third-order valence-electron chi connectivity index (χ3n) is 2.31. The third kappa shape index (κ3) is 6.48. The Morgan fingerprint density at radius 3 is 2.55 bits per heavy atom. The first kappa shape index (κ1) is 17.8. The summed E-state index contributed by atoms with van der Waals surface area (Å²) in [5, 5.41) is 0. The van der Waals surface area contributed by atoms with Crippen molar-refractivity contribution in [3.8, 4) is 0 Å². The maximum Gasteiger partial charge on any atom is 0.126 e. The number of hydrogen-bond acceptors (Lipinski definition) is 2. The Hall–Kier alpha value is -0.230. The Morgan fingerprint density at radius 1 is 1.35 bits per heavy atom. The minimum absolute atomic E-state index is 0.200. The second-order valence-electron chi connectivity index (χ2n) is 6.29. The number of halogens is 1. The Morgan fingerprint density at radius 2 is 2.00 bits per heavy atom. The van der Waals surface area contributed by atoms with Gasteiger partial charge in [-0.05, 0) is 60.3 Å². The van der Waals surface area contributed by atoms with Crippen LogP contribution in [-0.2, 0) is 22.3 Å². The zero-order chi connectivity index (χ0) is 15.3. The fourth-order valence-corrected chi connectivity index (χ4v) is 3.38. The average molecular weight is 362 g/mol. The van der Waals surface area contributed by atoms with Crippen molar-refractivity contribution in [2.45, 2.75) is 51.7 Å². The molecule has 1 rings (SSSR count). The van der Waals surface area contributed by atoms with Gasteiger partial charge in [0.05, 0.1) is 11.5 Å². The van der Waals surface area contributed by atoms with E-state index < -0.39 is 11.0 Å². The van der Waals surface area contributed by atoms with Gasteiger partial charge in [0.2, 0.25) is 0 Å². The molecule has 1 aromatic rings. The van der Waals surface area contributed by atoms with E-state index in [0.717, 1.165) is 21.5 Å². The molecule has 0 bridgehead atoms. The Labute approximate surface area is 133 Å². The lowest BCUT2D eigenvalue weighted by atomic mass is 10.1. The van der Waals surface area contributed by atoms with Gasteiger partial charge in [0, 0.05) is 16.6 Å². The van der Waals surface area contributed by atoms with Crippen LogP contribution in [0.1, 0.15) is 40.2 Å². The molecule has 1 atom stereocenters. The van der Waals surface area contributed by atoms with Crippen LogP contribution in [0.5, 0.6) is 0 Å². The number of rotatable bonds is 6. The van der Waals surface area contributed by atoms with Gasteiger partial charge in [-0.25, -0.2) is 8.93 Å². The molecule has 0 saturated heterocycles. The first-order valence-electron chi connectivity index (χ1n) is 6.75. The molecule has 0 radical (unpaired) electrons. The molecule has 0 heterocycles. The summed E-state index contributed by atoms with van der Waals surface area (Å²) in [6, 6.07) is 5.84. The summed E-state index contributed by atoms with van der Waals surface area (Å²) >= 11 is 3.46. The molecule has 0 aliphatic rings. The van der Waals surface area contributed by atoms with E-state index >= 15 is 0 Å². The zero-order valence-electron chi connectivity index (χ0n) is 12.8. The highest BCUT2D eigenvalue weighted by atomic mass is 79.9. The van der Waals surface area contributed by atoms with Gasteiger partial charge >= 0.3 is 0 Å². The second-order valence-corrected chi connectivity index (χ2v) is 8.33. The molecule has 1 N–H and O–H groups in total. The van der Waals surface area contributed by atoms with E-state index in [2.05, 4.69) is 34.5 Å². The highest BCUT2D eigenvalue weighted by Gasteiger charge is 2.17. The van der Waals surface area contributed by atoms with E-state index in [1.54, 1.807) is 0 Å². The lowest BCUT2D eigenvalue weighted by molar-refractivity contribution is 0.0969. The van der Waals surface area contributed by atoms with Crippen molar-refractivity contribution >= 4 is 26.9 Å². The van der Waals surface area contributed by atoms with Crippen LogP contribution in [0.2, 0.25) is 0 Å². The fraction of sp³-hybridized carbons (Fsp3) is 0.600. The molecule has 5 heteroatoms. The van der Waals surface area contributed by atoms with Crippen LogP contribution < -0.4 is 4.72 Å². The topological polar surface area (TPSA) is 38.3 Å². The minimum Gasteiger partial charge on any atom is -0.377 e. The van der Waals surface area contributed by atoms with Crippen LogP contribution >= 0.6 is 15.9 Å². The van der Waals surface area contributed by atoms with Crippen molar-refractivity contribution in [3.05, 3.63) is 28.2 Å². The standard InChI is InChI=1S/C15H24BrNO2S/c1-11(2)9-19-10-12-6-7-13(16)14(8-12)20(18)17-15(3,4)5/h6-8,11,17H,9-10H2,1-5H3. The summed E-state index contributed by atoms with van der Waals surface area (Å²) in [6.45, 7) is 11.5. The number of hydrogen-bond donors (Lipinski definition) is 1. The van der Waals surface area contributed by atoms with Crippen LogP contribution in [0.15, 0.2) is 27.6 Å². The van der Waals surface area contributed by atoms with Gasteiger partial charge in [-0.2, -0.15) is 0 Å². The lowest BCUT2D eigenvalue weighted by Gasteiger charge is -2.20. The van der Waals surface area contributed by atoms with E-state index in [0.29, 0.717) is 12.5 Å². The molecule has 114 valence electrons. The SMILES string of the molecule is CC(C)COCc1ccc(Br)c(S(=O)NC(C)(C)C)c1. The summed E-state index contributed by atoms with van der Waals surface area (Å²) in [5.41, 5.74) is 0.835. The van der Waals surface area contributed by atoms with Crippen LogP contribution in [0.3, 0.4) is 0 Å². The van der Waals surface area contributed by atoms with Crippen molar-refractivity contribution in [1.82, 2.24) is 4.72 Å². The molecular formula is C15H24BrNO2S. The molecule has 0 saturated carbocycles. The molecule has 1 unspecified atom stereocenters. The molecule has 0 amide bonds.